The predicted octanol–water partition coefficient (Wildman–Crippen LogP) is 4.64. The van der Waals surface area contributed by atoms with Gasteiger partial charge in [-0.3, -0.25) is 0 Å². The number of nitrogens with one attached hydrogen (secondary N) is 1. The number of piperidine rings is 1. The van der Waals surface area contributed by atoms with E-state index in [1.165, 1.54) is 17.7 Å². The van der Waals surface area contributed by atoms with Gasteiger partial charge >= 0.3 is 12.6 Å². The zero-order chi connectivity index (χ0) is 20.1. The fraction of sp³-hybridized carbons (Fsp3) is 0.381. The molecule has 2 amide bonds. The number of likely N-dealkylation sites (tertiary alicyclic amines) is 1. The lowest BCUT2D eigenvalue weighted by Gasteiger charge is -2.33. The maximum Gasteiger partial charge on any atom is 0.387 e. The largest absolute Gasteiger partial charge is 0.508 e. The van der Waals surface area contributed by atoms with E-state index < -0.39 is 6.61 Å². The van der Waals surface area contributed by atoms with E-state index in [2.05, 4.69) is 10.1 Å². The van der Waals surface area contributed by atoms with Crippen LogP contribution in [0.2, 0.25) is 0 Å². The number of hydrogen-bond donors (Lipinski definition) is 2. The summed E-state index contributed by atoms with van der Waals surface area (Å²) >= 11 is 0. The fourth-order valence-corrected chi connectivity index (χ4v) is 3.48. The van der Waals surface area contributed by atoms with Crippen molar-refractivity contribution in [3.8, 4) is 11.5 Å². The smallest absolute Gasteiger partial charge is 0.387 e. The van der Waals surface area contributed by atoms with Crippen LogP contribution < -0.4 is 10.1 Å². The summed E-state index contributed by atoms with van der Waals surface area (Å²) in [7, 11) is 0. The van der Waals surface area contributed by atoms with Gasteiger partial charge in [-0.1, -0.05) is 24.3 Å². The molecule has 3 rings (SSSR count). The number of phenols is 1. The number of carbonyl (C=O) groups is 1. The summed E-state index contributed by atoms with van der Waals surface area (Å²) < 4.78 is 29.2. The number of hydrogen-bond acceptors (Lipinski definition) is 3. The van der Waals surface area contributed by atoms with Crippen LogP contribution in [0.4, 0.5) is 13.6 Å². The molecule has 0 aromatic heterocycles. The number of nitrogens with zero attached hydrogens (tertiary/aromatic N) is 1. The minimum atomic E-state index is -2.88. The molecular weight excluding hydrogens is 366 g/mol. The zero-order valence-corrected chi connectivity index (χ0v) is 15.6. The molecule has 2 aromatic rings. The Morgan fingerprint density at radius 1 is 1.18 bits per heavy atom. The summed E-state index contributed by atoms with van der Waals surface area (Å²) in [5.41, 5.74) is 1.87. The van der Waals surface area contributed by atoms with E-state index in [-0.39, 0.29) is 23.6 Å². The summed E-state index contributed by atoms with van der Waals surface area (Å²) in [6.45, 7) is 0.204. The Morgan fingerprint density at radius 2 is 1.86 bits per heavy atom. The van der Waals surface area contributed by atoms with Gasteiger partial charge in [0, 0.05) is 13.1 Å². The maximum atomic E-state index is 12.6. The van der Waals surface area contributed by atoms with Crippen LogP contribution in [0.1, 0.15) is 42.9 Å². The molecule has 0 bridgehead atoms. The van der Waals surface area contributed by atoms with Crippen molar-refractivity contribution in [3.05, 3.63) is 59.7 Å². The Balaban J connectivity index is 1.53. The second-order valence-corrected chi connectivity index (χ2v) is 6.98. The van der Waals surface area contributed by atoms with Gasteiger partial charge in [-0.2, -0.15) is 8.78 Å². The monoisotopic (exact) mass is 390 g/mol. The highest BCUT2D eigenvalue weighted by atomic mass is 19.3. The molecule has 1 unspecified atom stereocenters. The highest BCUT2D eigenvalue weighted by Gasteiger charge is 2.24. The number of halogens is 2. The zero-order valence-electron chi connectivity index (χ0n) is 15.6. The standard InChI is InChI=1S/C21H24F2N2O3/c1-14(17-3-2-4-19(13-17)28-20(22)23)24-21(27)25-11-9-16(10-12-25)15-5-7-18(26)8-6-15/h2-8,13-14,16,20,26H,9-12H2,1H3,(H,24,27). The third kappa shape index (κ3) is 5.12. The van der Waals surface area contributed by atoms with Crippen LogP contribution in [0.5, 0.6) is 11.5 Å². The van der Waals surface area contributed by atoms with Gasteiger partial charge in [-0.05, 0) is 61.1 Å². The molecule has 2 N–H and O–H groups in total. The van der Waals surface area contributed by atoms with E-state index in [1.807, 2.05) is 19.1 Å². The van der Waals surface area contributed by atoms with Gasteiger partial charge in [0.15, 0.2) is 0 Å². The quantitative estimate of drug-likeness (QED) is 0.782. The summed E-state index contributed by atoms with van der Waals surface area (Å²) in [5.74, 6) is 0.686. The first-order valence-corrected chi connectivity index (χ1v) is 9.31. The van der Waals surface area contributed by atoms with Crippen molar-refractivity contribution in [2.24, 2.45) is 0 Å². The Kier molecular flexibility index (Phi) is 6.34. The predicted molar refractivity (Wildman–Crippen MR) is 102 cm³/mol. The van der Waals surface area contributed by atoms with Crippen molar-refractivity contribution < 1.29 is 23.4 Å². The lowest BCUT2D eigenvalue weighted by molar-refractivity contribution is -0.0499. The number of rotatable bonds is 5. The Morgan fingerprint density at radius 3 is 2.50 bits per heavy atom. The number of carbonyl (C=O) groups excluding carboxylic acids is 1. The van der Waals surface area contributed by atoms with Gasteiger partial charge in [0.1, 0.15) is 11.5 Å². The number of benzene rings is 2. The Hall–Kier alpha value is -2.83. The van der Waals surface area contributed by atoms with Crippen molar-refractivity contribution in [1.29, 1.82) is 0 Å². The minimum Gasteiger partial charge on any atom is -0.508 e. The van der Waals surface area contributed by atoms with Crippen molar-refractivity contribution >= 4 is 6.03 Å². The molecule has 0 aliphatic carbocycles. The van der Waals surface area contributed by atoms with Crippen LogP contribution in [0.3, 0.4) is 0 Å². The molecule has 5 nitrogen and oxygen atoms in total. The van der Waals surface area contributed by atoms with Crippen LogP contribution in [0.25, 0.3) is 0 Å². The molecule has 1 aliphatic heterocycles. The molecule has 0 saturated carbocycles. The van der Waals surface area contributed by atoms with E-state index in [0.29, 0.717) is 24.6 Å². The summed E-state index contributed by atoms with van der Waals surface area (Å²) in [6.07, 6.45) is 1.70. The van der Waals surface area contributed by atoms with Crippen molar-refractivity contribution in [2.75, 3.05) is 13.1 Å². The van der Waals surface area contributed by atoms with Gasteiger partial charge in [0.25, 0.3) is 0 Å². The van der Waals surface area contributed by atoms with Crippen LogP contribution in [-0.2, 0) is 0 Å². The topological polar surface area (TPSA) is 61.8 Å². The lowest BCUT2D eigenvalue weighted by atomic mass is 9.89. The average molecular weight is 390 g/mol. The van der Waals surface area contributed by atoms with Crippen LogP contribution in [0.15, 0.2) is 48.5 Å². The lowest BCUT2D eigenvalue weighted by Crippen LogP contribution is -2.44. The number of urea groups is 1. The number of phenolic OH excluding ortho intramolecular Hbond substituents is 1. The molecule has 1 fully saturated rings. The first-order chi connectivity index (χ1) is 13.4. The third-order valence-corrected chi connectivity index (χ3v) is 5.07. The Labute approximate surface area is 162 Å². The molecule has 28 heavy (non-hydrogen) atoms. The molecule has 2 aromatic carbocycles. The Bertz CT molecular complexity index is 790. The first-order valence-electron chi connectivity index (χ1n) is 9.31. The van der Waals surface area contributed by atoms with Crippen molar-refractivity contribution in [1.82, 2.24) is 10.2 Å². The second kappa shape index (κ2) is 8.91. The summed E-state index contributed by atoms with van der Waals surface area (Å²) in [5, 5.41) is 12.3. The van der Waals surface area contributed by atoms with E-state index in [1.54, 1.807) is 29.2 Å². The van der Waals surface area contributed by atoms with Gasteiger partial charge < -0.3 is 20.1 Å². The highest BCUT2D eigenvalue weighted by molar-refractivity contribution is 5.74. The first kappa shape index (κ1) is 19.9. The van der Waals surface area contributed by atoms with Gasteiger partial charge in [-0.25, -0.2) is 4.79 Å². The average Bonchev–Trinajstić information content (AvgIpc) is 2.68. The molecule has 7 heteroatoms. The molecule has 1 heterocycles. The minimum absolute atomic E-state index is 0.0725. The second-order valence-electron chi connectivity index (χ2n) is 6.98. The molecule has 0 radical (unpaired) electrons. The summed E-state index contributed by atoms with van der Waals surface area (Å²) in [6, 6.07) is 13.1. The van der Waals surface area contributed by atoms with Crippen LogP contribution >= 0.6 is 0 Å². The van der Waals surface area contributed by atoms with Crippen molar-refractivity contribution in [2.45, 2.75) is 38.3 Å². The van der Waals surface area contributed by atoms with E-state index >= 15 is 0 Å². The number of aromatic hydroxyl groups is 1. The number of alkyl halides is 2. The van der Waals surface area contributed by atoms with Crippen LogP contribution in [0, 0.1) is 0 Å². The maximum absolute atomic E-state index is 12.6. The summed E-state index contributed by atoms with van der Waals surface area (Å²) in [4.78, 5) is 14.3. The van der Waals surface area contributed by atoms with Gasteiger partial charge in [-0.15, -0.1) is 0 Å². The molecule has 1 aliphatic rings. The van der Waals surface area contributed by atoms with Gasteiger partial charge in [0.2, 0.25) is 0 Å². The number of ether oxygens (including phenoxy) is 1. The van der Waals surface area contributed by atoms with E-state index in [4.69, 9.17) is 0 Å². The normalized spacial score (nSPS) is 16.1. The fourth-order valence-electron chi connectivity index (χ4n) is 3.48. The molecule has 150 valence electrons. The molecular formula is C21H24F2N2O3. The highest BCUT2D eigenvalue weighted by Crippen LogP contribution is 2.29. The molecule has 0 spiro atoms. The van der Waals surface area contributed by atoms with E-state index in [0.717, 1.165) is 12.8 Å². The SMILES string of the molecule is CC(NC(=O)N1CCC(c2ccc(O)cc2)CC1)c1cccc(OC(F)F)c1. The van der Waals surface area contributed by atoms with E-state index in [9.17, 15) is 18.7 Å². The van der Waals surface area contributed by atoms with Crippen molar-refractivity contribution in [3.63, 3.8) is 0 Å². The molecule has 1 saturated heterocycles. The van der Waals surface area contributed by atoms with Gasteiger partial charge in [0.05, 0.1) is 6.04 Å². The third-order valence-electron chi connectivity index (χ3n) is 5.07. The van der Waals surface area contributed by atoms with Crippen LogP contribution in [-0.4, -0.2) is 35.7 Å². The number of amides is 2. The molecule has 1 atom stereocenters.